The molecular formula is C21H21F6NO4S. The van der Waals surface area contributed by atoms with Gasteiger partial charge in [-0.25, -0.2) is 13.1 Å². The van der Waals surface area contributed by atoms with Gasteiger partial charge in [-0.3, -0.25) is 0 Å². The maximum atomic E-state index is 13.1. The standard InChI is InChI=1S/C21H21F6NO4S/c22-20(23,24)14-9-15(21(25,26)27)11-16(10-14)33(30,31)28-17-6-2-4-8-19(17)32-18-7-3-1-5-13(18)12-29/h1,3,5,7,9-11,17,19,28-29H,2,4,6,8,12H2. The van der Waals surface area contributed by atoms with Crippen LogP contribution in [0.4, 0.5) is 26.3 Å². The van der Waals surface area contributed by atoms with E-state index in [-0.39, 0.29) is 31.2 Å². The average Bonchev–Trinajstić information content (AvgIpc) is 2.74. The van der Waals surface area contributed by atoms with Gasteiger partial charge in [-0.2, -0.15) is 26.3 Å². The molecule has 1 aliphatic carbocycles. The van der Waals surface area contributed by atoms with Crippen molar-refractivity contribution in [3.8, 4) is 5.75 Å². The Labute approximate surface area is 186 Å². The minimum absolute atomic E-state index is 0.128. The van der Waals surface area contributed by atoms with Gasteiger partial charge in [-0.05, 0) is 43.5 Å². The van der Waals surface area contributed by atoms with Crippen molar-refractivity contribution in [1.82, 2.24) is 4.72 Å². The molecule has 0 spiro atoms. The second-order valence-electron chi connectivity index (χ2n) is 7.68. The predicted octanol–water partition coefficient (Wildman–Crippen LogP) is 4.89. The number of sulfonamides is 1. The summed E-state index contributed by atoms with van der Waals surface area (Å²) in [6, 6.07) is 5.85. The topological polar surface area (TPSA) is 75.6 Å². The fourth-order valence-corrected chi connectivity index (χ4v) is 5.00. The molecule has 0 radical (unpaired) electrons. The molecule has 1 saturated carbocycles. The van der Waals surface area contributed by atoms with Gasteiger partial charge in [0.25, 0.3) is 0 Å². The van der Waals surface area contributed by atoms with E-state index in [2.05, 4.69) is 4.72 Å². The van der Waals surface area contributed by atoms with Crippen molar-refractivity contribution < 1.29 is 44.6 Å². The van der Waals surface area contributed by atoms with Gasteiger partial charge >= 0.3 is 12.4 Å². The lowest BCUT2D eigenvalue weighted by Gasteiger charge is -2.32. The van der Waals surface area contributed by atoms with Crippen molar-refractivity contribution in [3.05, 3.63) is 59.2 Å². The SMILES string of the molecule is O=S(=O)(NC1CCCCC1Oc1ccccc1CO)c1cc(C(F)(F)F)cc(C(F)(F)F)c1. The van der Waals surface area contributed by atoms with Crippen LogP contribution in [0.25, 0.3) is 0 Å². The van der Waals surface area contributed by atoms with E-state index in [4.69, 9.17) is 4.74 Å². The van der Waals surface area contributed by atoms with Crippen LogP contribution >= 0.6 is 0 Å². The molecule has 182 valence electrons. The highest BCUT2D eigenvalue weighted by Crippen LogP contribution is 2.37. The summed E-state index contributed by atoms with van der Waals surface area (Å²) in [5.74, 6) is 0.314. The summed E-state index contributed by atoms with van der Waals surface area (Å²) < 4.78 is 113. The molecule has 0 bridgehead atoms. The number of nitrogens with one attached hydrogen (secondary N) is 1. The zero-order valence-corrected chi connectivity index (χ0v) is 17.9. The number of aliphatic hydroxyl groups is 1. The number of rotatable bonds is 6. The first-order valence-electron chi connectivity index (χ1n) is 9.98. The fourth-order valence-electron chi connectivity index (χ4n) is 3.63. The number of hydrogen-bond acceptors (Lipinski definition) is 4. The molecule has 0 saturated heterocycles. The van der Waals surface area contributed by atoms with Gasteiger partial charge in [0.1, 0.15) is 11.9 Å². The Morgan fingerprint density at radius 1 is 0.939 bits per heavy atom. The second kappa shape index (κ2) is 9.51. The van der Waals surface area contributed by atoms with Gasteiger partial charge in [-0.1, -0.05) is 24.6 Å². The van der Waals surface area contributed by atoms with Crippen LogP contribution in [0.15, 0.2) is 47.4 Å². The number of alkyl halides is 6. The van der Waals surface area contributed by atoms with E-state index in [1.165, 1.54) is 0 Å². The maximum absolute atomic E-state index is 13.1. The molecule has 0 aromatic heterocycles. The van der Waals surface area contributed by atoms with Crippen molar-refractivity contribution in [1.29, 1.82) is 0 Å². The number of aliphatic hydroxyl groups excluding tert-OH is 1. The summed E-state index contributed by atoms with van der Waals surface area (Å²) in [5, 5.41) is 9.46. The summed E-state index contributed by atoms with van der Waals surface area (Å²) in [4.78, 5) is -1.13. The second-order valence-corrected chi connectivity index (χ2v) is 9.39. The molecule has 0 amide bonds. The van der Waals surface area contributed by atoms with Crippen LogP contribution in [0.2, 0.25) is 0 Å². The summed E-state index contributed by atoms with van der Waals surface area (Å²) >= 11 is 0. The molecule has 0 heterocycles. The molecule has 2 aromatic carbocycles. The largest absolute Gasteiger partial charge is 0.488 e. The molecule has 1 fully saturated rings. The zero-order valence-electron chi connectivity index (χ0n) is 17.1. The lowest BCUT2D eigenvalue weighted by Crippen LogP contribution is -2.47. The molecule has 2 atom stereocenters. The number of para-hydroxylation sites is 1. The van der Waals surface area contributed by atoms with Crippen LogP contribution in [-0.4, -0.2) is 25.7 Å². The third-order valence-corrected chi connectivity index (χ3v) is 6.77. The molecule has 0 aliphatic heterocycles. The van der Waals surface area contributed by atoms with Crippen LogP contribution < -0.4 is 9.46 Å². The number of halogens is 6. The van der Waals surface area contributed by atoms with E-state index in [1.54, 1.807) is 24.3 Å². The minimum Gasteiger partial charge on any atom is -0.488 e. The maximum Gasteiger partial charge on any atom is 0.416 e. The van der Waals surface area contributed by atoms with Gasteiger partial charge in [0.2, 0.25) is 10.0 Å². The fraction of sp³-hybridized carbons (Fsp3) is 0.429. The first-order chi connectivity index (χ1) is 15.3. The molecule has 12 heteroatoms. The Kier molecular flexibility index (Phi) is 7.30. The zero-order chi connectivity index (χ0) is 24.4. The number of benzene rings is 2. The van der Waals surface area contributed by atoms with Crippen molar-refractivity contribution >= 4 is 10.0 Å². The Bertz CT molecular complexity index is 1050. The van der Waals surface area contributed by atoms with Crippen LogP contribution in [0, 0.1) is 0 Å². The van der Waals surface area contributed by atoms with Gasteiger partial charge < -0.3 is 9.84 Å². The molecule has 1 aliphatic rings. The number of ether oxygens (including phenoxy) is 1. The smallest absolute Gasteiger partial charge is 0.416 e. The molecular weight excluding hydrogens is 476 g/mol. The Hall–Kier alpha value is -2.31. The van der Waals surface area contributed by atoms with Crippen LogP contribution in [-0.2, 0) is 29.0 Å². The average molecular weight is 497 g/mol. The predicted molar refractivity (Wildman–Crippen MR) is 106 cm³/mol. The number of hydrogen-bond donors (Lipinski definition) is 2. The van der Waals surface area contributed by atoms with Gasteiger partial charge in [0.15, 0.2) is 0 Å². The highest BCUT2D eigenvalue weighted by atomic mass is 32.2. The van der Waals surface area contributed by atoms with Crippen LogP contribution in [0.1, 0.15) is 42.4 Å². The minimum atomic E-state index is -5.17. The van der Waals surface area contributed by atoms with E-state index in [9.17, 15) is 39.9 Å². The third kappa shape index (κ3) is 6.18. The lowest BCUT2D eigenvalue weighted by molar-refractivity contribution is -0.143. The third-order valence-electron chi connectivity index (χ3n) is 5.30. The molecule has 33 heavy (non-hydrogen) atoms. The van der Waals surface area contributed by atoms with Crippen LogP contribution in [0.5, 0.6) is 5.75 Å². The Morgan fingerprint density at radius 3 is 2.09 bits per heavy atom. The normalized spacial score (nSPS) is 20.0. The quantitative estimate of drug-likeness (QED) is 0.558. The molecule has 2 N–H and O–H groups in total. The van der Waals surface area contributed by atoms with Crippen molar-refractivity contribution in [2.75, 3.05) is 0 Å². The summed E-state index contributed by atoms with van der Waals surface area (Å²) in [7, 11) is -4.75. The van der Waals surface area contributed by atoms with Gasteiger partial charge in [0, 0.05) is 5.56 Å². The first-order valence-corrected chi connectivity index (χ1v) is 11.5. The van der Waals surface area contributed by atoms with Gasteiger partial charge in [0.05, 0.1) is 28.7 Å². The van der Waals surface area contributed by atoms with E-state index in [0.717, 1.165) is 0 Å². The van der Waals surface area contributed by atoms with E-state index < -0.39 is 50.5 Å². The monoisotopic (exact) mass is 497 g/mol. The highest BCUT2D eigenvalue weighted by molar-refractivity contribution is 7.89. The Morgan fingerprint density at radius 2 is 1.52 bits per heavy atom. The lowest BCUT2D eigenvalue weighted by atomic mass is 9.93. The molecule has 3 rings (SSSR count). The van der Waals surface area contributed by atoms with Crippen LogP contribution in [0.3, 0.4) is 0 Å². The first kappa shape index (κ1) is 25.3. The van der Waals surface area contributed by atoms with E-state index in [1.807, 2.05) is 0 Å². The van der Waals surface area contributed by atoms with E-state index >= 15 is 0 Å². The molecule has 5 nitrogen and oxygen atoms in total. The summed E-state index contributed by atoms with van der Waals surface area (Å²) in [6.45, 7) is -0.330. The highest BCUT2D eigenvalue weighted by Gasteiger charge is 2.39. The molecule has 2 aromatic rings. The van der Waals surface area contributed by atoms with Crippen molar-refractivity contribution in [2.24, 2.45) is 0 Å². The Balaban J connectivity index is 1.92. The van der Waals surface area contributed by atoms with E-state index in [0.29, 0.717) is 30.6 Å². The van der Waals surface area contributed by atoms with Gasteiger partial charge in [-0.15, -0.1) is 0 Å². The summed E-state index contributed by atoms with van der Waals surface area (Å²) in [6.07, 6.45) is -9.11. The summed E-state index contributed by atoms with van der Waals surface area (Å²) in [5.41, 5.74) is -2.98. The molecule has 2 unspecified atom stereocenters. The van der Waals surface area contributed by atoms with Crippen molar-refractivity contribution in [3.63, 3.8) is 0 Å². The van der Waals surface area contributed by atoms with Crippen molar-refractivity contribution in [2.45, 2.75) is 61.7 Å².